The molecular formula is C17H21FN4O2. The fraction of sp³-hybridized carbons (Fsp3) is 0.412. The average molecular weight is 332 g/mol. The van der Waals surface area contributed by atoms with Gasteiger partial charge in [-0.3, -0.25) is 0 Å². The minimum atomic E-state index is -0.338. The van der Waals surface area contributed by atoms with Gasteiger partial charge in [-0.1, -0.05) is 0 Å². The maximum absolute atomic E-state index is 13.8. The van der Waals surface area contributed by atoms with Crippen molar-refractivity contribution in [1.82, 2.24) is 15.2 Å². The number of hydrogen-bond acceptors (Lipinski definition) is 4. The van der Waals surface area contributed by atoms with Crippen molar-refractivity contribution in [2.45, 2.75) is 25.9 Å². The van der Waals surface area contributed by atoms with Crippen LogP contribution >= 0.6 is 0 Å². The van der Waals surface area contributed by atoms with Crippen molar-refractivity contribution in [3.05, 3.63) is 47.8 Å². The smallest absolute Gasteiger partial charge is 0.317 e. The first-order chi connectivity index (χ1) is 11.5. The maximum atomic E-state index is 13.8. The quantitative estimate of drug-likeness (QED) is 0.935. The summed E-state index contributed by atoms with van der Waals surface area (Å²) in [7, 11) is 1.72. The van der Waals surface area contributed by atoms with Gasteiger partial charge < -0.3 is 19.5 Å². The molecule has 0 aliphatic carbocycles. The number of carbonyl (C=O) groups is 1. The number of halogens is 1. The van der Waals surface area contributed by atoms with E-state index in [1.54, 1.807) is 24.2 Å². The highest BCUT2D eigenvalue weighted by Gasteiger charge is 2.27. The molecule has 7 heteroatoms. The number of rotatable bonds is 4. The van der Waals surface area contributed by atoms with Gasteiger partial charge in [-0.2, -0.15) is 0 Å². The second-order valence-electron chi connectivity index (χ2n) is 6.06. The second-order valence-corrected chi connectivity index (χ2v) is 6.06. The molecule has 3 rings (SSSR count). The number of anilines is 1. The minimum Gasteiger partial charge on any atom is -0.464 e. The van der Waals surface area contributed by atoms with Gasteiger partial charge in [0.25, 0.3) is 0 Å². The number of pyridine rings is 1. The number of nitrogens with zero attached hydrogens (tertiary/aromatic N) is 3. The number of nitrogens with one attached hydrogen (secondary N) is 1. The van der Waals surface area contributed by atoms with Crippen LogP contribution in [0.1, 0.15) is 17.9 Å². The predicted molar refractivity (Wildman–Crippen MR) is 88.3 cm³/mol. The average Bonchev–Trinajstić information content (AvgIpc) is 3.17. The molecule has 1 aliphatic heterocycles. The van der Waals surface area contributed by atoms with Crippen LogP contribution in [0.25, 0.3) is 0 Å². The van der Waals surface area contributed by atoms with Gasteiger partial charge in [-0.15, -0.1) is 0 Å². The van der Waals surface area contributed by atoms with E-state index in [4.69, 9.17) is 4.42 Å². The van der Waals surface area contributed by atoms with Crippen LogP contribution < -0.4 is 10.2 Å². The molecule has 0 aromatic carbocycles. The highest BCUT2D eigenvalue weighted by Crippen LogP contribution is 2.21. The van der Waals surface area contributed by atoms with Crippen molar-refractivity contribution in [2.75, 3.05) is 25.0 Å². The summed E-state index contributed by atoms with van der Waals surface area (Å²) in [5.41, 5.74) is 0. The second kappa shape index (κ2) is 6.90. The molecule has 2 amide bonds. The van der Waals surface area contributed by atoms with E-state index in [9.17, 15) is 9.18 Å². The number of aryl methyl sites for hydroxylation is 1. The lowest BCUT2D eigenvalue weighted by molar-refractivity contribution is 0.199. The van der Waals surface area contributed by atoms with Gasteiger partial charge in [0.05, 0.1) is 6.54 Å². The minimum absolute atomic E-state index is 0.0281. The molecule has 6 nitrogen and oxygen atoms in total. The Balaban J connectivity index is 1.53. The summed E-state index contributed by atoms with van der Waals surface area (Å²) in [5, 5.41) is 2.98. The highest BCUT2D eigenvalue weighted by atomic mass is 19.1. The van der Waals surface area contributed by atoms with E-state index < -0.39 is 0 Å². The van der Waals surface area contributed by atoms with Crippen LogP contribution in [0.2, 0.25) is 0 Å². The molecule has 0 bridgehead atoms. The van der Waals surface area contributed by atoms with Crippen molar-refractivity contribution >= 4 is 11.8 Å². The van der Waals surface area contributed by atoms with Gasteiger partial charge in [0.1, 0.15) is 11.5 Å². The summed E-state index contributed by atoms with van der Waals surface area (Å²) >= 11 is 0. The molecule has 0 radical (unpaired) electrons. The Morgan fingerprint density at radius 3 is 3.04 bits per heavy atom. The SMILES string of the molecule is Cc1ccc(CN(C)C(=O)N[C@@H]2CCN(c3ncccc3F)C2)o1. The lowest BCUT2D eigenvalue weighted by atomic mass is 10.3. The summed E-state index contributed by atoms with van der Waals surface area (Å²) in [6.07, 6.45) is 2.33. The van der Waals surface area contributed by atoms with Crippen LogP contribution in [-0.4, -0.2) is 42.1 Å². The summed E-state index contributed by atoms with van der Waals surface area (Å²) in [4.78, 5) is 19.8. The standard InChI is InChI=1S/C17H21FN4O2/c1-12-5-6-14(24-12)11-21(2)17(23)20-13-7-9-22(10-13)16-15(18)4-3-8-19-16/h3-6,8,13H,7,9-11H2,1-2H3,(H,20,23)/t13-/m1/s1. The summed E-state index contributed by atoms with van der Waals surface area (Å²) < 4.78 is 19.3. The topological polar surface area (TPSA) is 61.6 Å². The largest absolute Gasteiger partial charge is 0.464 e. The molecule has 1 fully saturated rings. The van der Waals surface area contributed by atoms with E-state index >= 15 is 0 Å². The number of hydrogen-bond donors (Lipinski definition) is 1. The Kier molecular flexibility index (Phi) is 4.69. The van der Waals surface area contributed by atoms with E-state index in [0.29, 0.717) is 25.5 Å². The van der Waals surface area contributed by atoms with Gasteiger partial charge in [0.2, 0.25) is 0 Å². The summed E-state index contributed by atoms with van der Waals surface area (Å²) in [5.74, 6) is 1.57. The Labute approximate surface area is 140 Å². The van der Waals surface area contributed by atoms with Gasteiger partial charge in [0.15, 0.2) is 11.6 Å². The molecule has 128 valence electrons. The number of carbonyl (C=O) groups excluding carboxylic acids is 1. The Hall–Kier alpha value is -2.57. The molecule has 2 aromatic rings. The van der Waals surface area contributed by atoms with Gasteiger partial charge >= 0.3 is 6.03 Å². The van der Waals surface area contributed by atoms with Crippen LogP contribution in [0, 0.1) is 12.7 Å². The summed E-state index contributed by atoms with van der Waals surface area (Å²) in [6, 6.07) is 6.50. The van der Waals surface area contributed by atoms with Gasteiger partial charge in [-0.25, -0.2) is 14.2 Å². The molecule has 24 heavy (non-hydrogen) atoms. The lowest BCUT2D eigenvalue weighted by Gasteiger charge is -2.21. The van der Waals surface area contributed by atoms with Crippen LogP contribution in [0.3, 0.4) is 0 Å². The molecule has 0 unspecified atom stereocenters. The Bertz CT molecular complexity index is 718. The molecule has 2 aromatic heterocycles. The number of urea groups is 1. The van der Waals surface area contributed by atoms with Crippen molar-refractivity contribution in [1.29, 1.82) is 0 Å². The van der Waals surface area contributed by atoms with E-state index in [1.807, 2.05) is 24.0 Å². The maximum Gasteiger partial charge on any atom is 0.317 e. The molecule has 3 heterocycles. The van der Waals surface area contributed by atoms with E-state index in [0.717, 1.165) is 17.9 Å². The third-order valence-electron chi connectivity index (χ3n) is 4.09. The fourth-order valence-corrected chi connectivity index (χ4v) is 2.84. The number of amides is 2. The Morgan fingerprint density at radius 1 is 1.50 bits per heavy atom. The fourth-order valence-electron chi connectivity index (χ4n) is 2.84. The molecule has 0 saturated carbocycles. The Morgan fingerprint density at radius 2 is 2.33 bits per heavy atom. The molecular weight excluding hydrogens is 311 g/mol. The highest BCUT2D eigenvalue weighted by molar-refractivity contribution is 5.74. The third-order valence-corrected chi connectivity index (χ3v) is 4.09. The van der Waals surface area contributed by atoms with Crippen LogP contribution in [0.4, 0.5) is 15.0 Å². The first-order valence-electron chi connectivity index (χ1n) is 7.95. The number of furan rings is 1. The van der Waals surface area contributed by atoms with Crippen molar-refractivity contribution in [2.24, 2.45) is 0 Å². The predicted octanol–water partition coefficient (Wildman–Crippen LogP) is 2.54. The van der Waals surface area contributed by atoms with Crippen LogP contribution in [0.5, 0.6) is 0 Å². The molecule has 1 saturated heterocycles. The third kappa shape index (κ3) is 3.67. The monoisotopic (exact) mass is 332 g/mol. The van der Waals surface area contributed by atoms with Gasteiger partial charge in [0, 0.05) is 32.4 Å². The van der Waals surface area contributed by atoms with Crippen molar-refractivity contribution in [3.63, 3.8) is 0 Å². The zero-order valence-electron chi connectivity index (χ0n) is 13.8. The normalized spacial score (nSPS) is 17.1. The molecule has 1 aliphatic rings. The van der Waals surface area contributed by atoms with Crippen molar-refractivity contribution < 1.29 is 13.6 Å². The molecule has 1 N–H and O–H groups in total. The van der Waals surface area contributed by atoms with E-state index in [1.165, 1.54) is 6.07 Å². The lowest BCUT2D eigenvalue weighted by Crippen LogP contribution is -2.44. The zero-order chi connectivity index (χ0) is 17.1. The van der Waals surface area contributed by atoms with E-state index in [-0.39, 0.29) is 17.9 Å². The van der Waals surface area contributed by atoms with E-state index in [2.05, 4.69) is 10.3 Å². The van der Waals surface area contributed by atoms with Crippen LogP contribution in [-0.2, 0) is 6.54 Å². The molecule has 0 spiro atoms. The summed E-state index contributed by atoms with van der Waals surface area (Å²) in [6.45, 7) is 3.49. The van der Waals surface area contributed by atoms with Crippen molar-refractivity contribution in [3.8, 4) is 0 Å². The number of aromatic nitrogens is 1. The van der Waals surface area contributed by atoms with Crippen LogP contribution in [0.15, 0.2) is 34.9 Å². The van der Waals surface area contributed by atoms with Gasteiger partial charge in [-0.05, 0) is 37.6 Å². The first-order valence-corrected chi connectivity index (χ1v) is 7.95. The first kappa shape index (κ1) is 16.3. The molecule has 1 atom stereocenters. The zero-order valence-corrected chi connectivity index (χ0v) is 13.8.